The molecule has 3 rings (SSSR count). The van der Waals surface area contributed by atoms with Gasteiger partial charge in [-0.25, -0.2) is 0 Å². The molecule has 1 aromatic carbocycles. The van der Waals surface area contributed by atoms with Crippen molar-refractivity contribution >= 4 is 5.69 Å². The van der Waals surface area contributed by atoms with E-state index in [2.05, 4.69) is 41.8 Å². The molecule has 104 valence electrons. The molecule has 2 aliphatic heterocycles. The first-order valence-corrected chi connectivity index (χ1v) is 7.93. The predicted molar refractivity (Wildman–Crippen MR) is 82.0 cm³/mol. The van der Waals surface area contributed by atoms with E-state index in [1.165, 1.54) is 51.9 Å². The van der Waals surface area contributed by atoms with Crippen LogP contribution in [0.2, 0.25) is 0 Å². The normalized spacial score (nSPS) is 21.0. The zero-order valence-corrected chi connectivity index (χ0v) is 12.4. The number of rotatable bonds is 5. The summed E-state index contributed by atoms with van der Waals surface area (Å²) >= 11 is 0. The molecule has 1 aromatic rings. The van der Waals surface area contributed by atoms with Crippen molar-refractivity contribution in [1.29, 1.82) is 0 Å². The maximum absolute atomic E-state index is 2.72. The van der Waals surface area contributed by atoms with Crippen LogP contribution in [0, 0.1) is 0 Å². The number of hydrogen-bond donors (Lipinski definition) is 0. The van der Waals surface area contributed by atoms with Gasteiger partial charge in [0.2, 0.25) is 0 Å². The lowest BCUT2D eigenvalue weighted by Gasteiger charge is -2.39. The molecule has 0 radical (unpaired) electrons. The Kier molecular flexibility index (Phi) is 3.79. The third-order valence-corrected chi connectivity index (χ3v) is 4.60. The van der Waals surface area contributed by atoms with E-state index in [-0.39, 0.29) is 0 Å². The van der Waals surface area contributed by atoms with E-state index in [0.29, 0.717) is 0 Å². The molecule has 2 heterocycles. The molecule has 0 saturated heterocycles. The van der Waals surface area contributed by atoms with E-state index in [1.807, 2.05) is 0 Å². The number of nitrogens with zero attached hydrogens (tertiary/aromatic N) is 2. The molecule has 0 spiro atoms. The smallest absolute Gasteiger partial charge is 0.0433 e. The van der Waals surface area contributed by atoms with E-state index in [9.17, 15) is 0 Å². The molecule has 0 fully saturated rings. The second-order valence-electron chi connectivity index (χ2n) is 6.01. The first kappa shape index (κ1) is 13.0. The summed E-state index contributed by atoms with van der Waals surface area (Å²) < 4.78 is 0. The van der Waals surface area contributed by atoms with Crippen LogP contribution in [0.1, 0.15) is 37.8 Å². The summed E-state index contributed by atoms with van der Waals surface area (Å²) in [5.41, 5.74) is 4.74. The Morgan fingerprint density at radius 3 is 2.63 bits per heavy atom. The van der Waals surface area contributed by atoms with Gasteiger partial charge in [-0.15, -0.1) is 0 Å². The fourth-order valence-electron chi connectivity index (χ4n) is 3.84. The summed E-state index contributed by atoms with van der Waals surface area (Å²) in [7, 11) is 0. The standard InChI is InChI=1S/C17H26N2/c1-3-9-18(10-4-2)16-12-15-7-5-6-14-8-11-19(13-16)17(14)15/h5-7,16H,3-4,8-13H2,1-2H3/t16-/m0/s1. The minimum Gasteiger partial charge on any atom is -0.369 e. The highest BCUT2D eigenvalue weighted by molar-refractivity contribution is 5.65. The molecule has 19 heavy (non-hydrogen) atoms. The monoisotopic (exact) mass is 258 g/mol. The van der Waals surface area contributed by atoms with Crippen molar-refractivity contribution < 1.29 is 0 Å². The van der Waals surface area contributed by atoms with Gasteiger partial charge >= 0.3 is 0 Å². The Morgan fingerprint density at radius 1 is 1.16 bits per heavy atom. The molecule has 1 atom stereocenters. The predicted octanol–water partition coefficient (Wildman–Crippen LogP) is 3.10. The van der Waals surface area contributed by atoms with Crippen LogP contribution in [0.25, 0.3) is 0 Å². The van der Waals surface area contributed by atoms with Crippen molar-refractivity contribution in [3.05, 3.63) is 29.3 Å². The second kappa shape index (κ2) is 5.54. The third-order valence-electron chi connectivity index (χ3n) is 4.60. The molecular weight excluding hydrogens is 232 g/mol. The number of hydrogen-bond acceptors (Lipinski definition) is 2. The molecular formula is C17H26N2. The Balaban J connectivity index is 1.82. The van der Waals surface area contributed by atoms with Crippen molar-refractivity contribution in [2.45, 2.75) is 45.6 Å². The van der Waals surface area contributed by atoms with Crippen molar-refractivity contribution in [1.82, 2.24) is 4.90 Å². The third kappa shape index (κ3) is 2.38. The van der Waals surface area contributed by atoms with Gasteiger partial charge in [-0.1, -0.05) is 32.0 Å². The summed E-state index contributed by atoms with van der Waals surface area (Å²) in [4.78, 5) is 5.35. The zero-order chi connectivity index (χ0) is 13.2. The zero-order valence-electron chi connectivity index (χ0n) is 12.4. The van der Waals surface area contributed by atoms with Gasteiger partial charge in [0.25, 0.3) is 0 Å². The molecule has 0 N–H and O–H groups in total. The topological polar surface area (TPSA) is 6.48 Å². The van der Waals surface area contributed by atoms with Gasteiger partial charge in [-0.05, 0) is 49.9 Å². The van der Waals surface area contributed by atoms with E-state index in [1.54, 1.807) is 16.8 Å². The van der Waals surface area contributed by atoms with Crippen LogP contribution in [0.3, 0.4) is 0 Å². The van der Waals surface area contributed by atoms with Gasteiger partial charge < -0.3 is 4.90 Å². The van der Waals surface area contributed by atoms with Gasteiger partial charge in [0, 0.05) is 24.8 Å². The molecule has 0 aliphatic carbocycles. The Morgan fingerprint density at radius 2 is 1.89 bits per heavy atom. The van der Waals surface area contributed by atoms with Crippen LogP contribution in [0.4, 0.5) is 5.69 Å². The van der Waals surface area contributed by atoms with Crippen LogP contribution >= 0.6 is 0 Å². The minimum absolute atomic E-state index is 0.723. The maximum atomic E-state index is 2.72. The lowest BCUT2D eigenvalue weighted by Crippen LogP contribution is -2.48. The highest BCUT2D eigenvalue weighted by Gasteiger charge is 2.32. The molecule has 0 saturated carbocycles. The first-order valence-electron chi connectivity index (χ1n) is 7.93. The molecule has 0 bridgehead atoms. The van der Waals surface area contributed by atoms with Crippen LogP contribution < -0.4 is 4.90 Å². The van der Waals surface area contributed by atoms with Crippen molar-refractivity contribution in [2.75, 3.05) is 31.1 Å². The average molecular weight is 258 g/mol. The lowest BCUT2D eigenvalue weighted by molar-refractivity contribution is 0.193. The Hall–Kier alpha value is -1.02. The van der Waals surface area contributed by atoms with E-state index < -0.39 is 0 Å². The van der Waals surface area contributed by atoms with Crippen LogP contribution in [0.15, 0.2) is 18.2 Å². The van der Waals surface area contributed by atoms with Gasteiger partial charge in [0.15, 0.2) is 0 Å². The molecule has 0 unspecified atom stereocenters. The average Bonchev–Trinajstić information content (AvgIpc) is 2.84. The van der Waals surface area contributed by atoms with E-state index in [0.717, 1.165) is 6.04 Å². The Bertz CT molecular complexity index is 435. The van der Waals surface area contributed by atoms with Gasteiger partial charge in [0.1, 0.15) is 0 Å². The van der Waals surface area contributed by atoms with Gasteiger partial charge in [-0.2, -0.15) is 0 Å². The number of anilines is 1. The molecule has 2 nitrogen and oxygen atoms in total. The summed E-state index contributed by atoms with van der Waals surface area (Å²) in [5, 5.41) is 0. The molecule has 2 aliphatic rings. The van der Waals surface area contributed by atoms with Crippen LogP contribution in [0.5, 0.6) is 0 Å². The highest BCUT2D eigenvalue weighted by atomic mass is 15.2. The Labute approximate surface area is 117 Å². The SMILES string of the molecule is CCCN(CCC)[C@H]1Cc2cccc3c2N(CC3)C1. The van der Waals surface area contributed by atoms with Crippen LogP contribution in [-0.4, -0.2) is 37.1 Å². The quantitative estimate of drug-likeness (QED) is 0.801. The molecule has 0 amide bonds. The second-order valence-corrected chi connectivity index (χ2v) is 6.01. The van der Waals surface area contributed by atoms with Crippen molar-refractivity contribution in [3.63, 3.8) is 0 Å². The summed E-state index contributed by atoms with van der Waals surface area (Å²) in [6.45, 7) is 9.57. The van der Waals surface area contributed by atoms with Crippen LogP contribution in [-0.2, 0) is 12.8 Å². The fraction of sp³-hybridized carbons (Fsp3) is 0.647. The largest absolute Gasteiger partial charge is 0.369 e. The minimum atomic E-state index is 0.723. The molecule has 0 aromatic heterocycles. The van der Waals surface area contributed by atoms with Crippen molar-refractivity contribution in [3.8, 4) is 0 Å². The van der Waals surface area contributed by atoms with E-state index in [4.69, 9.17) is 0 Å². The van der Waals surface area contributed by atoms with Crippen molar-refractivity contribution in [2.24, 2.45) is 0 Å². The van der Waals surface area contributed by atoms with Gasteiger partial charge in [0.05, 0.1) is 0 Å². The summed E-state index contributed by atoms with van der Waals surface area (Å²) in [5.74, 6) is 0. The summed E-state index contributed by atoms with van der Waals surface area (Å²) in [6.07, 6.45) is 5.03. The number of para-hydroxylation sites is 1. The first-order chi connectivity index (χ1) is 9.33. The lowest BCUT2D eigenvalue weighted by atomic mass is 9.95. The fourth-order valence-corrected chi connectivity index (χ4v) is 3.84. The highest BCUT2D eigenvalue weighted by Crippen LogP contribution is 2.36. The number of benzene rings is 1. The maximum Gasteiger partial charge on any atom is 0.0433 e. The van der Waals surface area contributed by atoms with Gasteiger partial charge in [-0.3, -0.25) is 4.90 Å². The van der Waals surface area contributed by atoms with E-state index >= 15 is 0 Å². The molecule has 2 heteroatoms. The summed E-state index contributed by atoms with van der Waals surface area (Å²) in [6, 6.07) is 7.64.